The van der Waals surface area contributed by atoms with E-state index >= 15 is 0 Å². The molecule has 16 heavy (non-hydrogen) atoms. The summed E-state index contributed by atoms with van der Waals surface area (Å²) in [7, 11) is 0. The number of rotatable bonds is 2. The fourth-order valence-electron chi connectivity index (χ4n) is 1.70. The first kappa shape index (κ1) is 11.1. The second kappa shape index (κ2) is 4.64. The highest BCUT2D eigenvalue weighted by Gasteiger charge is 2.05. The minimum absolute atomic E-state index is 0.500. The van der Waals surface area contributed by atoms with Gasteiger partial charge in [0, 0.05) is 29.5 Å². The SMILES string of the molecule is Cc1cncc(-c2cc(Cl)ccc2CN)c1. The number of hydrogen-bond donors (Lipinski definition) is 1. The summed E-state index contributed by atoms with van der Waals surface area (Å²) < 4.78 is 0. The lowest BCUT2D eigenvalue weighted by Crippen LogP contribution is -1.99. The number of aryl methyl sites for hydroxylation is 1. The van der Waals surface area contributed by atoms with E-state index in [1.54, 1.807) is 0 Å². The summed E-state index contributed by atoms with van der Waals surface area (Å²) in [6.45, 7) is 2.52. The van der Waals surface area contributed by atoms with Gasteiger partial charge in [-0.05, 0) is 41.8 Å². The van der Waals surface area contributed by atoms with E-state index in [1.807, 2.05) is 37.5 Å². The Balaban J connectivity index is 2.58. The lowest BCUT2D eigenvalue weighted by Gasteiger charge is -2.08. The summed E-state index contributed by atoms with van der Waals surface area (Å²) in [5, 5.41) is 0.716. The van der Waals surface area contributed by atoms with E-state index in [2.05, 4.69) is 11.1 Å². The van der Waals surface area contributed by atoms with Crippen molar-refractivity contribution in [2.45, 2.75) is 13.5 Å². The van der Waals surface area contributed by atoms with Crippen LogP contribution in [-0.2, 0) is 6.54 Å². The van der Waals surface area contributed by atoms with Gasteiger partial charge in [0.1, 0.15) is 0 Å². The maximum atomic E-state index is 6.00. The molecule has 0 unspecified atom stereocenters. The highest BCUT2D eigenvalue weighted by atomic mass is 35.5. The molecule has 0 aliphatic carbocycles. The normalized spacial score (nSPS) is 10.4. The van der Waals surface area contributed by atoms with Crippen molar-refractivity contribution in [2.24, 2.45) is 5.73 Å². The number of pyridine rings is 1. The third-order valence-corrected chi connectivity index (χ3v) is 2.71. The van der Waals surface area contributed by atoms with Crippen LogP contribution in [0.4, 0.5) is 0 Å². The predicted octanol–water partition coefficient (Wildman–Crippen LogP) is 3.17. The molecule has 1 aromatic carbocycles. The van der Waals surface area contributed by atoms with E-state index in [4.69, 9.17) is 17.3 Å². The maximum absolute atomic E-state index is 6.00. The Labute approximate surface area is 100 Å². The van der Waals surface area contributed by atoms with E-state index in [9.17, 15) is 0 Å². The van der Waals surface area contributed by atoms with Crippen molar-refractivity contribution in [3.63, 3.8) is 0 Å². The standard InChI is InChI=1S/C13H13ClN2/c1-9-4-11(8-16-7-9)13-5-12(14)3-2-10(13)6-15/h2-5,7-8H,6,15H2,1H3. The molecule has 2 rings (SSSR count). The van der Waals surface area contributed by atoms with Gasteiger partial charge >= 0.3 is 0 Å². The first-order valence-corrected chi connectivity index (χ1v) is 5.49. The Morgan fingerprint density at radius 1 is 1.25 bits per heavy atom. The van der Waals surface area contributed by atoms with Crippen LogP contribution in [0.15, 0.2) is 36.7 Å². The summed E-state index contributed by atoms with van der Waals surface area (Å²) in [6, 6.07) is 7.83. The molecule has 0 radical (unpaired) electrons. The summed E-state index contributed by atoms with van der Waals surface area (Å²) in [6.07, 6.45) is 3.66. The first-order valence-electron chi connectivity index (χ1n) is 5.11. The molecule has 0 aliphatic rings. The Kier molecular flexibility index (Phi) is 3.22. The quantitative estimate of drug-likeness (QED) is 0.864. The number of benzene rings is 1. The van der Waals surface area contributed by atoms with Crippen LogP contribution in [0.2, 0.25) is 5.02 Å². The third kappa shape index (κ3) is 2.23. The molecular formula is C13H13ClN2. The lowest BCUT2D eigenvalue weighted by atomic mass is 10.0. The van der Waals surface area contributed by atoms with Gasteiger partial charge in [-0.15, -0.1) is 0 Å². The second-order valence-corrected chi connectivity index (χ2v) is 4.19. The molecule has 82 valence electrons. The molecule has 3 heteroatoms. The van der Waals surface area contributed by atoms with Crippen LogP contribution in [0.3, 0.4) is 0 Å². The molecule has 0 saturated heterocycles. The fourth-order valence-corrected chi connectivity index (χ4v) is 1.87. The number of hydrogen-bond acceptors (Lipinski definition) is 2. The molecule has 0 atom stereocenters. The third-order valence-electron chi connectivity index (χ3n) is 2.48. The van der Waals surface area contributed by atoms with Gasteiger partial charge in [-0.1, -0.05) is 17.7 Å². The number of nitrogens with two attached hydrogens (primary N) is 1. The molecule has 0 saturated carbocycles. The molecule has 0 aliphatic heterocycles. The molecule has 0 spiro atoms. The van der Waals surface area contributed by atoms with E-state index in [1.165, 1.54) is 0 Å². The van der Waals surface area contributed by atoms with Crippen molar-refractivity contribution in [1.29, 1.82) is 0 Å². The molecule has 2 nitrogen and oxygen atoms in total. The van der Waals surface area contributed by atoms with E-state index in [0.29, 0.717) is 11.6 Å². The second-order valence-electron chi connectivity index (χ2n) is 3.76. The number of nitrogens with zero attached hydrogens (tertiary/aromatic N) is 1. The largest absolute Gasteiger partial charge is 0.326 e. The molecule has 2 N–H and O–H groups in total. The van der Waals surface area contributed by atoms with Gasteiger partial charge in [-0.2, -0.15) is 0 Å². The van der Waals surface area contributed by atoms with Crippen molar-refractivity contribution in [3.8, 4) is 11.1 Å². The van der Waals surface area contributed by atoms with E-state index in [-0.39, 0.29) is 0 Å². The summed E-state index contributed by atoms with van der Waals surface area (Å²) in [5.41, 5.74) is 10.0. The fraction of sp³-hybridized carbons (Fsp3) is 0.154. The Morgan fingerprint density at radius 2 is 2.06 bits per heavy atom. The van der Waals surface area contributed by atoms with Crippen LogP contribution in [0, 0.1) is 6.92 Å². The molecule has 2 aromatic rings. The Morgan fingerprint density at radius 3 is 2.75 bits per heavy atom. The van der Waals surface area contributed by atoms with E-state index < -0.39 is 0 Å². The van der Waals surface area contributed by atoms with Crippen LogP contribution in [0.5, 0.6) is 0 Å². The molecule has 0 bridgehead atoms. The highest BCUT2D eigenvalue weighted by Crippen LogP contribution is 2.26. The van der Waals surface area contributed by atoms with Crippen molar-refractivity contribution < 1.29 is 0 Å². The summed E-state index contributed by atoms with van der Waals surface area (Å²) in [4.78, 5) is 4.18. The van der Waals surface area contributed by atoms with Crippen molar-refractivity contribution in [1.82, 2.24) is 4.98 Å². The van der Waals surface area contributed by atoms with E-state index in [0.717, 1.165) is 22.3 Å². The van der Waals surface area contributed by atoms with Gasteiger partial charge in [0.2, 0.25) is 0 Å². The average Bonchev–Trinajstić information content (AvgIpc) is 2.29. The zero-order chi connectivity index (χ0) is 11.5. The molecule has 0 fully saturated rings. The van der Waals surface area contributed by atoms with Crippen molar-refractivity contribution in [2.75, 3.05) is 0 Å². The maximum Gasteiger partial charge on any atom is 0.0412 e. The van der Waals surface area contributed by atoms with Crippen LogP contribution in [0.1, 0.15) is 11.1 Å². The molecule has 1 aromatic heterocycles. The zero-order valence-electron chi connectivity index (χ0n) is 9.07. The van der Waals surface area contributed by atoms with Crippen LogP contribution < -0.4 is 5.73 Å². The zero-order valence-corrected chi connectivity index (χ0v) is 9.83. The molecular weight excluding hydrogens is 220 g/mol. The van der Waals surface area contributed by atoms with Crippen molar-refractivity contribution >= 4 is 11.6 Å². The molecule has 0 amide bonds. The highest BCUT2D eigenvalue weighted by molar-refractivity contribution is 6.30. The smallest absolute Gasteiger partial charge is 0.0412 e. The van der Waals surface area contributed by atoms with Crippen LogP contribution in [-0.4, -0.2) is 4.98 Å². The Hall–Kier alpha value is -1.38. The topological polar surface area (TPSA) is 38.9 Å². The van der Waals surface area contributed by atoms with Crippen molar-refractivity contribution in [3.05, 3.63) is 52.8 Å². The van der Waals surface area contributed by atoms with Crippen LogP contribution >= 0.6 is 11.6 Å². The monoisotopic (exact) mass is 232 g/mol. The number of halogens is 1. The predicted molar refractivity (Wildman–Crippen MR) is 67.3 cm³/mol. The van der Waals surface area contributed by atoms with Crippen LogP contribution in [0.25, 0.3) is 11.1 Å². The summed E-state index contributed by atoms with van der Waals surface area (Å²) in [5.74, 6) is 0. The van der Waals surface area contributed by atoms with Gasteiger partial charge < -0.3 is 5.73 Å². The minimum Gasteiger partial charge on any atom is -0.326 e. The minimum atomic E-state index is 0.500. The van der Waals surface area contributed by atoms with Gasteiger partial charge in [0.25, 0.3) is 0 Å². The van der Waals surface area contributed by atoms with Gasteiger partial charge in [0.15, 0.2) is 0 Å². The lowest BCUT2D eigenvalue weighted by molar-refractivity contribution is 1.07. The van der Waals surface area contributed by atoms with Gasteiger partial charge in [-0.3, -0.25) is 4.98 Å². The average molecular weight is 233 g/mol. The first-order chi connectivity index (χ1) is 7.70. The molecule has 1 heterocycles. The van der Waals surface area contributed by atoms with Gasteiger partial charge in [-0.25, -0.2) is 0 Å². The van der Waals surface area contributed by atoms with Gasteiger partial charge in [0.05, 0.1) is 0 Å². The Bertz CT molecular complexity index is 509. The summed E-state index contributed by atoms with van der Waals surface area (Å²) >= 11 is 6.00. The number of aromatic nitrogens is 1.